The Morgan fingerprint density at radius 3 is 2.38 bits per heavy atom. The maximum absolute atomic E-state index is 12.5. The summed E-state index contributed by atoms with van der Waals surface area (Å²) in [6.45, 7) is 6.29. The number of rotatable bonds is 8. The molecule has 1 aliphatic rings. The molecule has 0 aromatic heterocycles. The zero-order valence-electron chi connectivity index (χ0n) is 17.5. The van der Waals surface area contributed by atoms with Crippen molar-refractivity contribution in [1.82, 2.24) is 4.90 Å². The lowest BCUT2D eigenvalue weighted by Crippen LogP contribution is -2.49. The predicted octanol–water partition coefficient (Wildman–Crippen LogP) is 4.04. The fraction of sp³-hybridized carbons (Fsp3) is 0.458. The van der Waals surface area contributed by atoms with E-state index in [1.165, 1.54) is 0 Å². The number of carbonyl (C=O) groups excluding carboxylic acids is 1. The Morgan fingerprint density at radius 1 is 1.10 bits per heavy atom. The molecule has 1 aliphatic heterocycles. The van der Waals surface area contributed by atoms with Crippen LogP contribution in [0.15, 0.2) is 54.6 Å². The van der Waals surface area contributed by atoms with Crippen molar-refractivity contribution in [2.24, 2.45) is 11.7 Å². The van der Waals surface area contributed by atoms with Crippen LogP contribution >= 0.6 is 0 Å². The lowest BCUT2D eigenvalue weighted by atomic mass is 10.0. The first-order chi connectivity index (χ1) is 14.0. The first-order valence-electron chi connectivity index (χ1n) is 10.6. The monoisotopic (exact) mass is 395 g/mol. The summed E-state index contributed by atoms with van der Waals surface area (Å²) in [6, 6.07) is 18.2. The molecule has 2 aromatic rings. The van der Waals surface area contributed by atoms with E-state index in [4.69, 9.17) is 10.5 Å². The Morgan fingerprint density at radius 2 is 1.76 bits per heavy atom. The third-order valence-electron chi connectivity index (χ3n) is 5.32. The van der Waals surface area contributed by atoms with E-state index >= 15 is 0 Å². The molecule has 0 bridgehead atoms. The van der Waals surface area contributed by atoms with Crippen molar-refractivity contribution in [3.05, 3.63) is 60.2 Å². The van der Waals surface area contributed by atoms with Gasteiger partial charge in [-0.05, 0) is 55.0 Å². The second kappa shape index (κ2) is 10.3. The smallest absolute Gasteiger partial charge is 0.239 e. The van der Waals surface area contributed by atoms with Crippen LogP contribution in [0.5, 0.6) is 5.75 Å². The molecule has 1 atom stereocenters. The van der Waals surface area contributed by atoms with Gasteiger partial charge < -0.3 is 20.7 Å². The molecule has 156 valence electrons. The van der Waals surface area contributed by atoms with E-state index in [0.29, 0.717) is 18.6 Å². The first kappa shape index (κ1) is 21.2. The summed E-state index contributed by atoms with van der Waals surface area (Å²) in [5.41, 5.74) is 8.30. The van der Waals surface area contributed by atoms with E-state index in [2.05, 4.69) is 43.4 Å². The molecule has 29 heavy (non-hydrogen) atoms. The molecule has 3 rings (SSSR count). The Labute approximate surface area is 174 Å². The molecule has 3 N–H and O–H groups in total. The van der Waals surface area contributed by atoms with Crippen LogP contribution < -0.4 is 15.8 Å². The topological polar surface area (TPSA) is 67.6 Å². The number of carbonyl (C=O) groups is 1. The molecule has 5 heteroatoms. The van der Waals surface area contributed by atoms with Crippen LogP contribution in [-0.4, -0.2) is 36.0 Å². The van der Waals surface area contributed by atoms with Crippen LogP contribution in [0.1, 0.15) is 38.7 Å². The van der Waals surface area contributed by atoms with Crippen LogP contribution in [0.3, 0.4) is 0 Å². The second-order valence-corrected chi connectivity index (χ2v) is 8.28. The number of amides is 1. The number of anilines is 1. The molecule has 1 fully saturated rings. The number of ether oxygens (including phenoxy) is 1. The number of nitrogens with two attached hydrogens (primary N) is 1. The molecule has 1 amide bonds. The average Bonchev–Trinajstić information content (AvgIpc) is 2.73. The van der Waals surface area contributed by atoms with E-state index in [-0.39, 0.29) is 11.9 Å². The van der Waals surface area contributed by atoms with Crippen LogP contribution in [0.2, 0.25) is 0 Å². The maximum atomic E-state index is 12.5. The van der Waals surface area contributed by atoms with Gasteiger partial charge in [-0.1, -0.05) is 44.2 Å². The summed E-state index contributed by atoms with van der Waals surface area (Å²) >= 11 is 0. The normalized spacial score (nSPS) is 15.9. The maximum Gasteiger partial charge on any atom is 0.239 e. The lowest BCUT2D eigenvalue weighted by molar-refractivity contribution is -0.133. The van der Waals surface area contributed by atoms with Crippen molar-refractivity contribution in [2.75, 3.05) is 18.4 Å². The predicted molar refractivity (Wildman–Crippen MR) is 118 cm³/mol. The number of hydrogen-bond donors (Lipinski definition) is 2. The van der Waals surface area contributed by atoms with E-state index in [9.17, 15) is 4.79 Å². The Hall–Kier alpha value is -2.53. The third kappa shape index (κ3) is 6.50. The summed E-state index contributed by atoms with van der Waals surface area (Å²) < 4.78 is 5.84. The van der Waals surface area contributed by atoms with Crippen LogP contribution in [-0.2, 0) is 11.4 Å². The molecule has 0 spiro atoms. The van der Waals surface area contributed by atoms with Gasteiger partial charge in [0.2, 0.25) is 5.91 Å². The van der Waals surface area contributed by atoms with Crippen molar-refractivity contribution in [3.63, 3.8) is 0 Å². The first-order valence-corrected chi connectivity index (χ1v) is 10.6. The quantitative estimate of drug-likeness (QED) is 0.708. The van der Waals surface area contributed by atoms with Crippen LogP contribution in [0.4, 0.5) is 5.69 Å². The minimum absolute atomic E-state index is 0.0945. The Balaban J connectivity index is 1.42. The highest BCUT2D eigenvalue weighted by Crippen LogP contribution is 2.21. The average molecular weight is 396 g/mol. The van der Waals surface area contributed by atoms with Gasteiger partial charge in [-0.3, -0.25) is 4.79 Å². The number of hydrogen-bond acceptors (Lipinski definition) is 4. The van der Waals surface area contributed by atoms with E-state index in [1.807, 2.05) is 35.2 Å². The molecule has 1 saturated heterocycles. The summed E-state index contributed by atoms with van der Waals surface area (Å²) in [5.74, 6) is 1.39. The SMILES string of the molecule is CC(C)CC(N)C(=O)N1CCC(Nc2ccc(OCc3ccccc3)cc2)CC1. The zero-order valence-corrected chi connectivity index (χ0v) is 17.5. The molecule has 1 heterocycles. The van der Waals surface area contributed by atoms with E-state index < -0.39 is 0 Å². The number of nitrogens with one attached hydrogen (secondary N) is 1. The van der Waals surface area contributed by atoms with Gasteiger partial charge in [0.05, 0.1) is 6.04 Å². The minimum atomic E-state index is -0.372. The largest absolute Gasteiger partial charge is 0.489 e. The van der Waals surface area contributed by atoms with Crippen LogP contribution in [0.25, 0.3) is 0 Å². The molecule has 0 aliphatic carbocycles. The van der Waals surface area contributed by atoms with Gasteiger partial charge >= 0.3 is 0 Å². The van der Waals surface area contributed by atoms with E-state index in [0.717, 1.165) is 49.4 Å². The second-order valence-electron chi connectivity index (χ2n) is 8.28. The standard InChI is InChI=1S/C24H33N3O2/c1-18(2)16-23(25)24(28)27-14-12-21(13-15-27)26-20-8-10-22(11-9-20)29-17-19-6-4-3-5-7-19/h3-11,18,21,23,26H,12-17,25H2,1-2H3. The minimum Gasteiger partial charge on any atom is -0.489 e. The summed E-state index contributed by atoms with van der Waals surface area (Å²) in [4.78, 5) is 14.4. The molecular formula is C24H33N3O2. The van der Waals surface area contributed by atoms with Gasteiger partial charge in [-0.25, -0.2) is 0 Å². The number of benzene rings is 2. The number of likely N-dealkylation sites (tertiary alicyclic amines) is 1. The van der Waals surface area contributed by atoms with E-state index in [1.54, 1.807) is 0 Å². The van der Waals surface area contributed by atoms with Crippen LogP contribution in [0, 0.1) is 5.92 Å². The van der Waals surface area contributed by atoms with Gasteiger partial charge in [-0.15, -0.1) is 0 Å². The molecule has 1 unspecified atom stereocenters. The zero-order chi connectivity index (χ0) is 20.6. The van der Waals surface area contributed by atoms with Crippen molar-refractivity contribution in [3.8, 4) is 5.75 Å². The lowest BCUT2D eigenvalue weighted by Gasteiger charge is -2.34. The summed E-state index contributed by atoms with van der Waals surface area (Å²) in [6.07, 6.45) is 2.62. The highest BCUT2D eigenvalue weighted by Gasteiger charge is 2.26. The Bertz CT molecular complexity index is 753. The Kier molecular flexibility index (Phi) is 7.53. The van der Waals surface area contributed by atoms with Gasteiger partial charge in [-0.2, -0.15) is 0 Å². The fourth-order valence-electron chi connectivity index (χ4n) is 3.71. The van der Waals surface area contributed by atoms with Crippen molar-refractivity contribution in [2.45, 2.75) is 51.8 Å². The highest BCUT2D eigenvalue weighted by molar-refractivity contribution is 5.81. The summed E-state index contributed by atoms with van der Waals surface area (Å²) in [7, 11) is 0. The number of piperidine rings is 1. The molecule has 2 aromatic carbocycles. The van der Waals surface area contributed by atoms with Crippen molar-refractivity contribution >= 4 is 11.6 Å². The van der Waals surface area contributed by atoms with Crippen molar-refractivity contribution < 1.29 is 9.53 Å². The number of nitrogens with zero attached hydrogens (tertiary/aromatic N) is 1. The molecule has 0 radical (unpaired) electrons. The molecule has 0 saturated carbocycles. The molecule has 5 nitrogen and oxygen atoms in total. The summed E-state index contributed by atoms with van der Waals surface area (Å²) in [5, 5.41) is 3.58. The fourth-order valence-corrected chi connectivity index (χ4v) is 3.71. The third-order valence-corrected chi connectivity index (χ3v) is 5.32. The van der Waals surface area contributed by atoms with Gasteiger partial charge in [0.1, 0.15) is 12.4 Å². The van der Waals surface area contributed by atoms with Crippen molar-refractivity contribution in [1.29, 1.82) is 0 Å². The van der Waals surface area contributed by atoms with Gasteiger partial charge in [0, 0.05) is 24.8 Å². The highest BCUT2D eigenvalue weighted by atomic mass is 16.5. The molecular weight excluding hydrogens is 362 g/mol. The van der Waals surface area contributed by atoms with Gasteiger partial charge in [0.15, 0.2) is 0 Å². The van der Waals surface area contributed by atoms with Gasteiger partial charge in [0.25, 0.3) is 0 Å².